The molecule has 140 valence electrons. The van der Waals surface area contributed by atoms with Crippen molar-refractivity contribution in [2.24, 2.45) is 5.73 Å². The van der Waals surface area contributed by atoms with Crippen LogP contribution in [0.3, 0.4) is 0 Å². The highest BCUT2D eigenvalue weighted by molar-refractivity contribution is 6.42. The summed E-state index contributed by atoms with van der Waals surface area (Å²) in [7, 11) is 0. The summed E-state index contributed by atoms with van der Waals surface area (Å²) in [6.45, 7) is -0.529. The second-order valence-electron chi connectivity index (χ2n) is 5.22. The van der Waals surface area contributed by atoms with Gasteiger partial charge in [0.15, 0.2) is 6.61 Å². The number of carbonyl (C=O) groups is 3. The minimum Gasteiger partial charge on any atom is -0.452 e. The lowest BCUT2D eigenvalue weighted by Gasteiger charge is -2.09. The molecule has 0 aliphatic heterocycles. The number of nitrogens with one attached hydrogen (secondary N) is 1. The minimum absolute atomic E-state index is 0.159. The molecule has 0 spiro atoms. The van der Waals surface area contributed by atoms with Crippen molar-refractivity contribution in [3.05, 3.63) is 68.7 Å². The molecule has 2 rings (SSSR count). The van der Waals surface area contributed by atoms with Crippen LogP contribution in [-0.2, 0) is 14.3 Å². The van der Waals surface area contributed by atoms with E-state index >= 15 is 0 Å². The lowest BCUT2D eigenvalue weighted by atomic mass is 10.1. The van der Waals surface area contributed by atoms with Crippen molar-refractivity contribution >= 4 is 64.3 Å². The van der Waals surface area contributed by atoms with E-state index < -0.39 is 24.4 Å². The third-order valence-corrected chi connectivity index (χ3v) is 4.04. The molecule has 2 amide bonds. The van der Waals surface area contributed by atoms with E-state index in [0.717, 1.165) is 6.08 Å². The normalized spacial score (nSPS) is 10.6. The zero-order valence-electron chi connectivity index (χ0n) is 13.7. The fraction of sp³-hybridized carbons (Fsp3) is 0.0556. The molecule has 0 aromatic heterocycles. The van der Waals surface area contributed by atoms with E-state index in [4.69, 9.17) is 45.3 Å². The van der Waals surface area contributed by atoms with Gasteiger partial charge in [0.2, 0.25) is 5.91 Å². The highest BCUT2D eigenvalue weighted by Crippen LogP contribution is 2.33. The fourth-order valence-corrected chi connectivity index (χ4v) is 2.86. The molecule has 9 heteroatoms. The van der Waals surface area contributed by atoms with E-state index in [0.29, 0.717) is 16.1 Å². The van der Waals surface area contributed by atoms with Crippen LogP contribution in [0.4, 0.5) is 5.69 Å². The third kappa shape index (κ3) is 6.29. The monoisotopic (exact) mass is 426 g/mol. The van der Waals surface area contributed by atoms with E-state index in [9.17, 15) is 14.4 Å². The van der Waals surface area contributed by atoms with E-state index in [-0.39, 0.29) is 15.7 Å². The number of esters is 1. The number of hydrogen-bond acceptors (Lipinski definition) is 4. The summed E-state index contributed by atoms with van der Waals surface area (Å²) >= 11 is 17.7. The molecule has 2 aromatic carbocycles. The van der Waals surface area contributed by atoms with Crippen LogP contribution in [0.5, 0.6) is 0 Å². The lowest BCUT2D eigenvalue weighted by Crippen LogP contribution is -2.20. The zero-order chi connectivity index (χ0) is 20.0. The number of ether oxygens (including phenoxy) is 1. The topological polar surface area (TPSA) is 98.5 Å². The number of benzene rings is 2. The van der Waals surface area contributed by atoms with Crippen LogP contribution in [-0.4, -0.2) is 24.4 Å². The van der Waals surface area contributed by atoms with Crippen LogP contribution in [0.25, 0.3) is 6.08 Å². The number of carbonyl (C=O) groups excluding carboxylic acids is 3. The summed E-state index contributed by atoms with van der Waals surface area (Å²) in [5.74, 6) is -1.89. The van der Waals surface area contributed by atoms with Gasteiger partial charge in [-0.3, -0.25) is 9.59 Å². The molecule has 6 nitrogen and oxygen atoms in total. The molecule has 0 heterocycles. The summed E-state index contributed by atoms with van der Waals surface area (Å²) in [4.78, 5) is 34.6. The molecular weight excluding hydrogens is 415 g/mol. The summed E-state index contributed by atoms with van der Waals surface area (Å²) < 4.78 is 4.84. The Bertz CT molecular complexity index is 888. The van der Waals surface area contributed by atoms with Crippen molar-refractivity contribution in [2.45, 2.75) is 0 Å². The minimum atomic E-state index is -0.725. The molecule has 0 bridgehead atoms. The molecule has 0 atom stereocenters. The maximum absolute atomic E-state index is 11.9. The van der Waals surface area contributed by atoms with Crippen LogP contribution in [0.1, 0.15) is 15.9 Å². The van der Waals surface area contributed by atoms with E-state index in [1.165, 1.54) is 30.3 Å². The van der Waals surface area contributed by atoms with Crippen LogP contribution in [0.2, 0.25) is 15.1 Å². The van der Waals surface area contributed by atoms with Crippen molar-refractivity contribution in [3.63, 3.8) is 0 Å². The molecular formula is C18H13Cl3N2O4. The Morgan fingerprint density at radius 1 is 1.04 bits per heavy atom. The molecule has 0 radical (unpaired) electrons. The van der Waals surface area contributed by atoms with E-state index in [1.54, 1.807) is 12.1 Å². The van der Waals surface area contributed by atoms with Gasteiger partial charge in [0.1, 0.15) is 0 Å². The number of rotatable bonds is 6. The maximum atomic E-state index is 11.9. The van der Waals surface area contributed by atoms with Gasteiger partial charge in [-0.15, -0.1) is 0 Å². The Morgan fingerprint density at radius 2 is 1.63 bits per heavy atom. The van der Waals surface area contributed by atoms with Crippen LogP contribution < -0.4 is 11.1 Å². The standard InChI is InChI=1S/C18H13Cl3N2O4/c19-12-7-13(20)17(14(21)8-12)23-15(24)9-27-16(25)6-3-10-1-4-11(5-2-10)18(22)26/h1-8H,9H2,(H2,22,26)(H,23,24)/b6-3+. The van der Waals surface area contributed by atoms with Crippen LogP contribution >= 0.6 is 34.8 Å². The molecule has 27 heavy (non-hydrogen) atoms. The number of hydrogen-bond donors (Lipinski definition) is 2. The van der Waals surface area contributed by atoms with Crippen molar-refractivity contribution < 1.29 is 19.1 Å². The maximum Gasteiger partial charge on any atom is 0.331 e. The Kier molecular flexibility index (Phi) is 7.24. The molecule has 0 aliphatic rings. The summed E-state index contributed by atoms with van der Waals surface area (Å²) in [5.41, 5.74) is 6.32. The second-order valence-corrected chi connectivity index (χ2v) is 6.47. The Labute approximate surface area is 169 Å². The Hall–Kier alpha value is -2.54. The van der Waals surface area contributed by atoms with E-state index in [1.807, 2.05) is 0 Å². The number of primary amides is 1. The molecule has 0 unspecified atom stereocenters. The van der Waals surface area contributed by atoms with Gasteiger partial charge in [-0.05, 0) is 35.9 Å². The number of anilines is 1. The second kappa shape index (κ2) is 9.41. The highest BCUT2D eigenvalue weighted by Gasteiger charge is 2.12. The van der Waals surface area contributed by atoms with Crippen molar-refractivity contribution in [1.82, 2.24) is 0 Å². The van der Waals surface area contributed by atoms with Gasteiger partial charge in [0.25, 0.3) is 5.91 Å². The average Bonchev–Trinajstić information content (AvgIpc) is 2.61. The van der Waals surface area contributed by atoms with E-state index in [2.05, 4.69) is 5.32 Å². The Balaban J connectivity index is 1.88. The predicted molar refractivity (Wildman–Crippen MR) is 105 cm³/mol. The first-order chi connectivity index (χ1) is 12.8. The van der Waals surface area contributed by atoms with Crippen molar-refractivity contribution in [2.75, 3.05) is 11.9 Å². The molecule has 3 N–H and O–H groups in total. The first kappa shape index (κ1) is 20.8. The van der Waals surface area contributed by atoms with Gasteiger partial charge in [0, 0.05) is 16.7 Å². The fourth-order valence-electron chi connectivity index (χ4n) is 1.94. The Morgan fingerprint density at radius 3 is 2.19 bits per heavy atom. The molecule has 0 saturated carbocycles. The van der Waals surface area contributed by atoms with Crippen LogP contribution in [0.15, 0.2) is 42.5 Å². The van der Waals surface area contributed by atoms with Crippen LogP contribution in [0, 0.1) is 0 Å². The van der Waals surface area contributed by atoms with Gasteiger partial charge in [-0.1, -0.05) is 46.9 Å². The number of nitrogens with two attached hydrogens (primary N) is 1. The number of halogens is 3. The SMILES string of the molecule is NC(=O)c1ccc(/C=C/C(=O)OCC(=O)Nc2c(Cl)cc(Cl)cc2Cl)cc1. The first-order valence-corrected chi connectivity index (χ1v) is 8.58. The molecule has 0 saturated heterocycles. The van der Waals surface area contributed by atoms with Crippen molar-refractivity contribution in [3.8, 4) is 0 Å². The van der Waals surface area contributed by atoms with Crippen molar-refractivity contribution in [1.29, 1.82) is 0 Å². The molecule has 0 fully saturated rings. The number of amides is 2. The lowest BCUT2D eigenvalue weighted by molar-refractivity contribution is -0.142. The van der Waals surface area contributed by atoms with Gasteiger partial charge in [0.05, 0.1) is 15.7 Å². The average molecular weight is 428 g/mol. The predicted octanol–water partition coefficient (Wildman–Crippen LogP) is 3.94. The van der Waals surface area contributed by atoms with Gasteiger partial charge < -0.3 is 15.8 Å². The smallest absolute Gasteiger partial charge is 0.331 e. The largest absolute Gasteiger partial charge is 0.452 e. The zero-order valence-corrected chi connectivity index (χ0v) is 15.9. The van der Waals surface area contributed by atoms with Gasteiger partial charge >= 0.3 is 5.97 Å². The van der Waals surface area contributed by atoms with Gasteiger partial charge in [-0.25, -0.2) is 4.79 Å². The molecule has 0 aliphatic carbocycles. The summed E-state index contributed by atoms with van der Waals surface area (Å²) in [6.07, 6.45) is 2.62. The third-order valence-electron chi connectivity index (χ3n) is 3.22. The summed E-state index contributed by atoms with van der Waals surface area (Å²) in [5, 5.41) is 3.09. The quantitative estimate of drug-likeness (QED) is 0.539. The highest BCUT2D eigenvalue weighted by atomic mass is 35.5. The first-order valence-electron chi connectivity index (χ1n) is 7.45. The van der Waals surface area contributed by atoms with Gasteiger partial charge in [-0.2, -0.15) is 0 Å². The molecule has 2 aromatic rings. The summed E-state index contributed by atoms with van der Waals surface area (Å²) in [6, 6.07) is 9.12.